The van der Waals surface area contributed by atoms with Crippen molar-refractivity contribution in [1.29, 1.82) is 0 Å². The van der Waals surface area contributed by atoms with Crippen molar-refractivity contribution in [2.75, 3.05) is 18.1 Å². The number of hydrogen-bond donors (Lipinski definition) is 1. The van der Waals surface area contributed by atoms with Crippen LogP contribution in [0.5, 0.6) is 5.75 Å². The predicted molar refractivity (Wildman–Crippen MR) is 103 cm³/mol. The number of imidazole rings is 2. The third-order valence-electron chi connectivity index (χ3n) is 3.74. The van der Waals surface area contributed by atoms with Crippen LogP contribution >= 0.6 is 12.4 Å². The summed E-state index contributed by atoms with van der Waals surface area (Å²) in [6.07, 6.45) is 6.51. The van der Waals surface area contributed by atoms with E-state index in [-0.39, 0.29) is 12.4 Å². The van der Waals surface area contributed by atoms with Crippen molar-refractivity contribution < 1.29 is 13.2 Å². The number of nitrogens with zero attached hydrogens (tertiary/aromatic N) is 4. The molecule has 0 atom stereocenters. The first-order valence-electron chi connectivity index (χ1n) is 7.48. The van der Waals surface area contributed by atoms with Crippen molar-refractivity contribution in [1.82, 2.24) is 19.1 Å². The fourth-order valence-electron chi connectivity index (χ4n) is 2.48. The zero-order valence-corrected chi connectivity index (χ0v) is 16.4. The smallest absolute Gasteiger partial charge is 0.229 e. The summed E-state index contributed by atoms with van der Waals surface area (Å²) >= 11 is 0. The standard InChI is InChI=1S/C16H19N5O3S.ClH/c1-11-18-14(10-20(11)2)16-17-7-8-21(16)12-5-6-13(15(9-12)24-3)19-25(4,22)23;/h5-10,19H,1-4H3;1H. The van der Waals surface area contributed by atoms with Crippen LogP contribution in [0.1, 0.15) is 5.82 Å². The molecular weight excluding hydrogens is 378 g/mol. The molecule has 1 aromatic carbocycles. The lowest BCUT2D eigenvalue weighted by Gasteiger charge is -2.13. The van der Waals surface area contributed by atoms with E-state index in [9.17, 15) is 8.42 Å². The Morgan fingerprint density at radius 2 is 2.00 bits per heavy atom. The van der Waals surface area contributed by atoms with E-state index in [0.29, 0.717) is 17.3 Å². The van der Waals surface area contributed by atoms with Crippen molar-refractivity contribution in [2.24, 2.45) is 7.05 Å². The molecule has 0 spiro atoms. The Morgan fingerprint density at radius 1 is 1.27 bits per heavy atom. The Hall–Kier alpha value is -2.52. The van der Waals surface area contributed by atoms with Gasteiger partial charge in [-0.05, 0) is 19.1 Å². The van der Waals surface area contributed by atoms with Gasteiger partial charge in [0.25, 0.3) is 0 Å². The fourth-order valence-corrected chi connectivity index (χ4v) is 3.05. The highest BCUT2D eigenvalue weighted by Gasteiger charge is 2.14. The number of nitrogens with one attached hydrogen (secondary N) is 1. The molecule has 0 amide bonds. The summed E-state index contributed by atoms with van der Waals surface area (Å²) in [7, 11) is 0.0225. The van der Waals surface area contributed by atoms with Gasteiger partial charge in [0.2, 0.25) is 10.0 Å². The number of methoxy groups -OCH3 is 1. The van der Waals surface area contributed by atoms with Gasteiger partial charge >= 0.3 is 0 Å². The Morgan fingerprint density at radius 3 is 2.58 bits per heavy atom. The summed E-state index contributed by atoms with van der Waals surface area (Å²) in [4.78, 5) is 8.89. The fraction of sp³-hybridized carbons (Fsp3) is 0.250. The molecule has 0 aliphatic rings. The predicted octanol–water partition coefficient (Wildman–Crippen LogP) is 2.38. The van der Waals surface area contributed by atoms with Crippen LogP contribution in [0, 0.1) is 6.92 Å². The van der Waals surface area contributed by atoms with Gasteiger partial charge in [0.1, 0.15) is 17.3 Å². The molecule has 140 valence electrons. The molecule has 0 radical (unpaired) electrons. The highest BCUT2D eigenvalue weighted by molar-refractivity contribution is 7.92. The Bertz CT molecular complexity index is 1010. The number of anilines is 1. The van der Waals surface area contributed by atoms with Gasteiger partial charge in [-0.1, -0.05) is 0 Å². The van der Waals surface area contributed by atoms with Crippen LogP contribution in [-0.2, 0) is 17.1 Å². The van der Waals surface area contributed by atoms with Crippen LogP contribution in [0.15, 0.2) is 36.8 Å². The first kappa shape index (κ1) is 19.8. The van der Waals surface area contributed by atoms with E-state index in [1.54, 1.807) is 24.4 Å². The molecule has 3 rings (SSSR count). The van der Waals surface area contributed by atoms with E-state index in [1.807, 2.05) is 35.5 Å². The normalized spacial score (nSPS) is 11.1. The van der Waals surface area contributed by atoms with Crippen LogP contribution in [-0.4, -0.2) is 40.9 Å². The van der Waals surface area contributed by atoms with Gasteiger partial charge in [-0.15, -0.1) is 12.4 Å². The van der Waals surface area contributed by atoms with Crippen molar-refractivity contribution in [3.8, 4) is 23.0 Å². The van der Waals surface area contributed by atoms with Crippen molar-refractivity contribution >= 4 is 28.1 Å². The second kappa shape index (κ2) is 7.38. The number of halogens is 1. The SMILES string of the molecule is COc1cc(-n2ccnc2-c2cn(C)c(C)n2)ccc1NS(C)(=O)=O.Cl. The Kier molecular flexibility index (Phi) is 5.62. The van der Waals surface area contributed by atoms with Gasteiger partial charge < -0.3 is 9.30 Å². The maximum Gasteiger partial charge on any atom is 0.229 e. The van der Waals surface area contributed by atoms with Crippen LogP contribution < -0.4 is 9.46 Å². The molecule has 0 bridgehead atoms. The summed E-state index contributed by atoms with van der Waals surface area (Å²) in [6, 6.07) is 5.19. The first-order valence-corrected chi connectivity index (χ1v) is 9.37. The summed E-state index contributed by atoms with van der Waals surface area (Å²) in [5, 5.41) is 0. The van der Waals surface area contributed by atoms with Crippen LogP contribution in [0.4, 0.5) is 5.69 Å². The number of sulfonamides is 1. The highest BCUT2D eigenvalue weighted by atomic mass is 35.5. The monoisotopic (exact) mass is 397 g/mol. The van der Waals surface area contributed by atoms with E-state index in [1.165, 1.54) is 7.11 Å². The lowest BCUT2D eigenvalue weighted by molar-refractivity contribution is 0.416. The van der Waals surface area contributed by atoms with Crippen molar-refractivity contribution in [2.45, 2.75) is 6.92 Å². The Labute approximate surface area is 158 Å². The van der Waals surface area contributed by atoms with Gasteiger partial charge in [0.05, 0.1) is 24.7 Å². The van der Waals surface area contributed by atoms with E-state index >= 15 is 0 Å². The third-order valence-corrected chi connectivity index (χ3v) is 4.33. The van der Waals surface area contributed by atoms with E-state index in [4.69, 9.17) is 4.74 Å². The number of rotatable bonds is 5. The molecule has 10 heteroatoms. The second-order valence-electron chi connectivity index (χ2n) is 5.66. The maximum absolute atomic E-state index is 11.5. The van der Waals surface area contributed by atoms with Crippen molar-refractivity contribution in [3.63, 3.8) is 0 Å². The van der Waals surface area contributed by atoms with Crippen molar-refractivity contribution in [3.05, 3.63) is 42.6 Å². The summed E-state index contributed by atoms with van der Waals surface area (Å²) < 4.78 is 34.5. The Balaban J connectivity index is 0.00000243. The molecule has 8 nitrogen and oxygen atoms in total. The van der Waals surface area contributed by atoms with Gasteiger partial charge in [0, 0.05) is 31.7 Å². The van der Waals surface area contributed by atoms with E-state index in [2.05, 4.69) is 14.7 Å². The van der Waals surface area contributed by atoms with Gasteiger partial charge in [-0.25, -0.2) is 18.4 Å². The minimum atomic E-state index is -3.39. The molecule has 1 N–H and O–H groups in total. The maximum atomic E-state index is 11.5. The molecule has 2 heterocycles. The summed E-state index contributed by atoms with van der Waals surface area (Å²) in [5.74, 6) is 1.99. The number of aromatic nitrogens is 4. The average molecular weight is 398 g/mol. The summed E-state index contributed by atoms with van der Waals surface area (Å²) in [5.41, 5.74) is 1.91. The van der Waals surface area contributed by atoms with Gasteiger partial charge in [-0.3, -0.25) is 9.29 Å². The lowest BCUT2D eigenvalue weighted by Crippen LogP contribution is -2.10. The topological polar surface area (TPSA) is 91.0 Å². The second-order valence-corrected chi connectivity index (χ2v) is 7.41. The molecule has 26 heavy (non-hydrogen) atoms. The zero-order valence-electron chi connectivity index (χ0n) is 14.8. The molecule has 0 aliphatic carbocycles. The molecule has 0 saturated heterocycles. The van der Waals surface area contributed by atoms with Gasteiger partial charge in [-0.2, -0.15) is 0 Å². The van der Waals surface area contributed by atoms with Gasteiger partial charge in [0.15, 0.2) is 5.82 Å². The zero-order chi connectivity index (χ0) is 18.2. The summed E-state index contributed by atoms with van der Waals surface area (Å²) in [6.45, 7) is 1.92. The average Bonchev–Trinajstić information content (AvgIpc) is 3.13. The molecule has 0 unspecified atom stereocenters. The van der Waals surface area contributed by atoms with Crippen LogP contribution in [0.3, 0.4) is 0 Å². The lowest BCUT2D eigenvalue weighted by atomic mass is 10.2. The molecule has 0 fully saturated rings. The first-order chi connectivity index (χ1) is 11.8. The van der Waals surface area contributed by atoms with E-state index in [0.717, 1.165) is 23.5 Å². The number of benzene rings is 1. The number of aryl methyl sites for hydroxylation is 2. The quantitative estimate of drug-likeness (QED) is 0.713. The van der Waals surface area contributed by atoms with E-state index < -0.39 is 10.0 Å². The molecule has 0 aliphatic heterocycles. The molecular formula is C16H20ClN5O3S. The minimum Gasteiger partial charge on any atom is -0.494 e. The molecule has 3 aromatic rings. The molecule has 0 saturated carbocycles. The largest absolute Gasteiger partial charge is 0.494 e. The highest BCUT2D eigenvalue weighted by Crippen LogP contribution is 2.30. The number of hydrogen-bond acceptors (Lipinski definition) is 5. The number of ether oxygens (including phenoxy) is 1. The minimum absolute atomic E-state index is 0. The molecule has 2 aromatic heterocycles. The van der Waals surface area contributed by atoms with Crippen LogP contribution in [0.25, 0.3) is 17.2 Å². The van der Waals surface area contributed by atoms with Crippen LogP contribution in [0.2, 0.25) is 0 Å². The third kappa shape index (κ3) is 4.00.